The maximum Gasteiger partial charge on any atom is 0.0264 e. The summed E-state index contributed by atoms with van der Waals surface area (Å²) in [5, 5.41) is 1.12. The molecule has 0 heterocycles. The molecule has 0 bridgehead atoms. The van der Waals surface area contributed by atoms with Crippen molar-refractivity contribution in [3.8, 4) is 0 Å². The van der Waals surface area contributed by atoms with Gasteiger partial charge >= 0.3 is 0 Å². The maximum absolute atomic E-state index is 5.81. The molecular formula is C10H24N2S5. The van der Waals surface area contributed by atoms with Crippen LogP contribution in [0.2, 0.25) is 0 Å². The van der Waals surface area contributed by atoms with Crippen LogP contribution in [-0.2, 0) is 0 Å². The Morgan fingerprint density at radius 1 is 0.941 bits per heavy atom. The van der Waals surface area contributed by atoms with Crippen LogP contribution in [0.15, 0.2) is 0 Å². The first kappa shape index (κ1) is 18.7. The predicted molar refractivity (Wildman–Crippen MR) is 95.6 cm³/mol. The molecule has 2 atom stereocenters. The lowest BCUT2D eigenvalue weighted by Crippen LogP contribution is -2.25. The van der Waals surface area contributed by atoms with Crippen LogP contribution in [0.4, 0.5) is 0 Å². The summed E-state index contributed by atoms with van der Waals surface area (Å²) in [6.07, 6.45) is 0. The summed E-state index contributed by atoms with van der Waals surface area (Å²) in [5.41, 5.74) is 11.3. The van der Waals surface area contributed by atoms with Gasteiger partial charge < -0.3 is 11.5 Å². The number of nitrogens with two attached hydrogens (primary N) is 2. The first-order valence-electron chi connectivity index (χ1n) is 5.71. The Kier molecular flexibility index (Phi) is 15.5. The van der Waals surface area contributed by atoms with Crippen LogP contribution in [0.5, 0.6) is 0 Å². The highest BCUT2D eigenvalue weighted by atomic mass is 32.2. The van der Waals surface area contributed by atoms with E-state index in [1.54, 1.807) is 0 Å². The van der Waals surface area contributed by atoms with E-state index in [0.717, 1.165) is 47.6 Å². The second-order valence-corrected chi connectivity index (χ2v) is 8.18. The molecular weight excluding hydrogens is 308 g/mol. The second-order valence-electron chi connectivity index (χ2n) is 3.46. The SMILES string of the molecule is NCCSCC(CS)SC(CN)CSCCS. The molecule has 2 nitrogen and oxygen atoms in total. The Balaban J connectivity index is 3.77. The number of thiol groups is 2. The second kappa shape index (κ2) is 14.1. The van der Waals surface area contributed by atoms with Gasteiger partial charge in [0.2, 0.25) is 0 Å². The molecule has 0 saturated carbocycles. The quantitative estimate of drug-likeness (QED) is 0.324. The summed E-state index contributed by atoms with van der Waals surface area (Å²) in [6.45, 7) is 1.50. The monoisotopic (exact) mass is 332 g/mol. The number of hydrogen-bond donors (Lipinski definition) is 4. The lowest BCUT2D eigenvalue weighted by Gasteiger charge is -2.20. The van der Waals surface area contributed by atoms with Gasteiger partial charge in [0.25, 0.3) is 0 Å². The van der Waals surface area contributed by atoms with Gasteiger partial charge in [-0.25, -0.2) is 0 Å². The molecule has 0 aromatic carbocycles. The lowest BCUT2D eigenvalue weighted by atomic mass is 10.5. The van der Waals surface area contributed by atoms with E-state index in [9.17, 15) is 0 Å². The molecule has 2 unspecified atom stereocenters. The summed E-state index contributed by atoms with van der Waals surface area (Å²) in [4.78, 5) is 0. The average Bonchev–Trinajstić information content (AvgIpc) is 2.36. The third-order valence-corrected chi connectivity index (χ3v) is 7.35. The van der Waals surface area contributed by atoms with Crippen molar-refractivity contribution in [1.82, 2.24) is 0 Å². The number of hydrogen-bond acceptors (Lipinski definition) is 7. The Labute approximate surface area is 129 Å². The van der Waals surface area contributed by atoms with Crippen LogP contribution in [0, 0.1) is 0 Å². The molecule has 0 spiro atoms. The molecule has 0 amide bonds. The van der Waals surface area contributed by atoms with Crippen molar-refractivity contribution >= 4 is 60.5 Å². The third kappa shape index (κ3) is 11.2. The van der Waals surface area contributed by atoms with E-state index in [1.807, 2.05) is 35.3 Å². The Morgan fingerprint density at radius 3 is 2.12 bits per heavy atom. The van der Waals surface area contributed by atoms with Crippen LogP contribution in [0.1, 0.15) is 0 Å². The van der Waals surface area contributed by atoms with Gasteiger partial charge in [0.15, 0.2) is 0 Å². The van der Waals surface area contributed by atoms with Crippen LogP contribution in [0.3, 0.4) is 0 Å². The maximum atomic E-state index is 5.81. The lowest BCUT2D eigenvalue weighted by molar-refractivity contribution is 0.951. The fourth-order valence-corrected chi connectivity index (χ4v) is 5.45. The average molecular weight is 333 g/mol. The van der Waals surface area contributed by atoms with Crippen molar-refractivity contribution in [3.05, 3.63) is 0 Å². The molecule has 0 fully saturated rings. The largest absolute Gasteiger partial charge is 0.330 e. The fourth-order valence-electron chi connectivity index (χ4n) is 1.15. The van der Waals surface area contributed by atoms with Gasteiger partial charge in [0, 0.05) is 52.4 Å². The molecule has 0 aliphatic heterocycles. The minimum atomic E-state index is 0.538. The number of thioether (sulfide) groups is 3. The molecule has 7 heteroatoms. The van der Waals surface area contributed by atoms with Gasteiger partial charge in [-0.15, -0.1) is 0 Å². The van der Waals surface area contributed by atoms with Gasteiger partial charge in [-0.05, 0) is 5.75 Å². The van der Waals surface area contributed by atoms with Crippen LogP contribution in [0.25, 0.3) is 0 Å². The van der Waals surface area contributed by atoms with Crippen LogP contribution < -0.4 is 11.5 Å². The summed E-state index contributed by atoms with van der Waals surface area (Å²) >= 11 is 14.5. The molecule has 17 heavy (non-hydrogen) atoms. The Bertz CT molecular complexity index is 146. The van der Waals surface area contributed by atoms with Gasteiger partial charge in [0.1, 0.15) is 0 Å². The highest BCUT2D eigenvalue weighted by Crippen LogP contribution is 2.24. The number of rotatable bonds is 12. The highest BCUT2D eigenvalue weighted by molar-refractivity contribution is 8.05. The highest BCUT2D eigenvalue weighted by Gasteiger charge is 2.15. The van der Waals surface area contributed by atoms with Crippen molar-refractivity contribution in [2.75, 3.05) is 47.6 Å². The van der Waals surface area contributed by atoms with E-state index < -0.39 is 0 Å². The van der Waals surface area contributed by atoms with E-state index >= 15 is 0 Å². The van der Waals surface area contributed by atoms with Crippen molar-refractivity contribution in [2.45, 2.75) is 10.5 Å². The summed E-state index contributed by atoms with van der Waals surface area (Å²) in [7, 11) is 0. The van der Waals surface area contributed by atoms with E-state index in [0.29, 0.717) is 10.5 Å². The molecule has 0 saturated heterocycles. The molecule has 0 rings (SSSR count). The molecule has 0 radical (unpaired) electrons. The van der Waals surface area contributed by atoms with E-state index in [1.165, 1.54) is 0 Å². The summed E-state index contributed by atoms with van der Waals surface area (Å²) < 4.78 is 0. The molecule has 0 aliphatic carbocycles. The van der Waals surface area contributed by atoms with Gasteiger partial charge in [-0.2, -0.15) is 60.5 Å². The van der Waals surface area contributed by atoms with Crippen LogP contribution >= 0.6 is 60.5 Å². The Morgan fingerprint density at radius 2 is 1.59 bits per heavy atom. The Hall–Kier alpha value is 1.67. The fraction of sp³-hybridized carbons (Fsp3) is 1.00. The predicted octanol–water partition coefficient (Wildman–Crippen LogP) is 1.70. The molecule has 4 N–H and O–H groups in total. The van der Waals surface area contributed by atoms with Crippen molar-refractivity contribution in [3.63, 3.8) is 0 Å². The third-order valence-electron chi connectivity index (χ3n) is 1.96. The molecule has 0 aliphatic rings. The van der Waals surface area contributed by atoms with Gasteiger partial charge in [-0.3, -0.25) is 0 Å². The normalized spacial score (nSPS) is 14.8. The topological polar surface area (TPSA) is 52.0 Å². The van der Waals surface area contributed by atoms with Crippen LogP contribution in [-0.4, -0.2) is 58.1 Å². The van der Waals surface area contributed by atoms with E-state index in [-0.39, 0.29) is 0 Å². The van der Waals surface area contributed by atoms with E-state index in [2.05, 4.69) is 25.3 Å². The summed E-state index contributed by atoms with van der Waals surface area (Å²) in [6, 6.07) is 0. The smallest absolute Gasteiger partial charge is 0.0264 e. The summed E-state index contributed by atoms with van der Waals surface area (Å²) in [5.74, 6) is 6.23. The zero-order chi connectivity index (χ0) is 12.9. The van der Waals surface area contributed by atoms with E-state index in [4.69, 9.17) is 11.5 Å². The standard InChI is InChI=1S/C10H24N2S5/c11-1-3-15-8-10(6-14)17-9(5-12)7-16-4-2-13/h9-10,13-14H,1-8,11-12H2. The minimum absolute atomic E-state index is 0.538. The molecule has 104 valence electrons. The molecule has 0 aromatic heterocycles. The van der Waals surface area contributed by atoms with Crippen molar-refractivity contribution < 1.29 is 0 Å². The first-order chi connectivity index (χ1) is 8.28. The van der Waals surface area contributed by atoms with Gasteiger partial charge in [0.05, 0.1) is 0 Å². The zero-order valence-electron chi connectivity index (χ0n) is 10.1. The van der Waals surface area contributed by atoms with Crippen molar-refractivity contribution in [2.24, 2.45) is 11.5 Å². The zero-order valence-corrected chi connectivity index (χ0v) is 14.3. The molecule has 0 aromatic rings. The minimum Gasteiger partial charge on any atom is -0.330 e. The van der Waals surface area contributed by atoms with Gasteiger partial charge in [-0.1, -0.05) is 0 Å². The first-order valence-corrected chi connectivity index (χ1v) is 10.2. The van der Waals surface area contributed by atoms with Crippen molar-refractivity contribution in [1.29, 1.82) is 0 Å².